The number of hydrogen-bond acceptors (Lipinski definition) is 17. The van der Waals surface area contributed by atoms with E-state index in [1.165, 1.54) is 0 Å². The van der Waals surface area contributed by atoms with E-state index in [1.54, 1.807) is 0 Å². The normalized spacial score (nSPS) is 40.2. The Balaban J connectivity index is 1.70. The molecule has 1 aliphatic heterocycles. The van der Waals surface area contributed by atoms with Crippen molar-refractivity contribution < 1.29 is 76.7 Å². The van der Waals surface area contributed by atoms with E-state index in [2.05, 4.69) is 39.5 Å². The molecule has 1 saturated heterocycles. The number of rotatable bonds is 18. The van der Waals surface area contributed by atoms with Gasteiger partial charge in [0.05, 0.1) is 24.7 Å². The molecule has 3 saturated carbocycles. The third-order valence-corrected chi connectivity index (χ3v) is 12.5. The fourth-order valence-electron chi connectivity index (χ4n) is 9.60. The molecule has 3 aliphatic carbocycles. The first-order valence-electron chi connectivity index (χ1n) is 17.5. The number of unbranched alkanes of at least 4 members (excludes halogenated alkanes) is 1. The molecular formula is C32H54O16S2. The van der Waals surface area contributed by atoms with Crippen molar-refractivity contribution in [2.45, 2.75) is 142 Å². The Labute approximate surface area is 301 Å². The first kappa shape index (κ1) is 41.9. The van der Waals surface area contributed by atoms with Crippen LogP contribution in [-0.4, -0.2) is 87.3 Å². The number of carboxylic acid groups (broad SMARTS) is 1. The molecule has 8 unspecified atom stereocenters. The summed E-state index contributed by atoms with van der Waals surface area (Å²) in [6, 6.07) is 0. The van der Waals surface area contributed by atoms with Crippen molar-refractivity contribution in [3.05, 3.63) is 0 Å². The van der Waals surface area contributed by atoms with E-state index in [-0.39, 0.29) is 66.6 Å². The van der Waals surface area contributed by atoms with E-state index < -0.39 is 72.8 Å². The summed E-state index contributed by atoms with van der Waals surface area (Å²) in [4.78, 5) is 26.1. The summed E-state index contributed by atoms with van der Waals surface area (Å²) >= 11 is 0.358. The van der Waals surface area contributed by atoms with Crippen molar-refractivity contribution >= 4 is 36.6 Å². The molecule has 0 amide bonds. The second-order valence-electron chi connectivity index (χ2n) is 15.0. The molecule has 16 nitrogen and oxygen atoms in total. The Kier molecular flexibility index (Phi) is 15.9. The van der Waals surface area contributed by atoms with Crippen molar-refractivity contribution in [2.75, 3.05) is 6.61 Å². The first-order chi connectivity index (χ1) is 23.9. The lowest BCUT2D eigenvalue weighted by atomic mass is 9.43. The van der Waals surface area contributed by atoms with Gasteiger partial charge in [-0.1, -0.05) is 57.5 Å². The van der Waals surface area contributed by atoms with Crippen molar-refractivity contribution in [1.29, 1.82) is 0 Å². The summed E-state index contributed by atoms with van der Waals surface area (Å²) < 4.78 is 38.7. The average Bonchev–Trinajstić information content (AvgIpc) is 3.34. The number of aliphatic hydroxyl groups is 2. The van der Waals surface area contributed by atoms with E-state index in [0.29, 0.717) is 12.8 Å². The van der Waals surface area contributed by atoms with Crippen LogP contribution in [0.25, 0.3) is 0 Å². The molecule has 13 atom stereocenters. The second-order valence-corrected chi connectivity index (χ2v) is 15.9. The molecule has 4 fully saturated rings. The van der Waals surface area contributed by atoms with Crippen LogP contribution in [0.4, 0.5) is 0 Å². The summed E-state index contributed by atoms with van der Waals surface area (Å²) in [7, 11) is 0. The molecule has 0 aromatic rings. The van der Waals surface area contributed by atoms with Gasteiger partial charge in [-0.2, -0.15) is 0 Å². The first-order valence-corrected chi connectivity index (χ1v) is 18.8. The third kappa shape index (κ3) is 9.26. The zero-order valence-corrected chi connectivity index (χ0v) is 30.9. The third-order valence-electron chi connectivity index (χ3n) is 11.6. The summed E-state index contributed by atoms with van der Waals surface area (Å²) in [6.45, 7) is 9.39. The predicted octanol–water partition coefficient (Wildman–Crippen LogP) is 5.28. The van der Waals surface area contributed by atoms with Gasteiger partial charge in [-0.3, -0.25) is 18.0 Å². The van der Waals surface area contributed by atoms with Crippen molar-refractivity contribution in [3.63, 3.8) is 0 Å². The number of ether oxygens (including phenoxy) is 3. The van der Waals surface area contributed by atoms with Gasteiger partial charge >= 0.3 is 11.9 Å². The van der Waals surface area contributed by atoms with Crippen LogP contribution in [0.2, 0.25) is 0 Å². The number of esters is 1. The fraction of sp³-hybridized carbons (Fsp3) is 0.938. The monoisotopic (exact) mass is 758 g/mol. The standard InChI is InChI=1S/C32H54O16S2/c1-6-7-8-23-31(5)15-19(14-20(29(36)37)21(31)10-12-32(23)11-9-18(4)28(32)35)40-30-27(42-24(34)13-17(2)3)26(44-50-48-46-39)25(22(16-33)41-30)43-49-47-45-38/h17-23,25-28,30,33,35,38-39H,6-16H2,1-5H3,(H,36,37)/t18?,19?,20?,21?,22-,23?,25+,26-,27?,28-,30+,31?,32?/m0/s1. The minimum Gasteiger partial charge on any atom is -0.481 e. The number of carbonyl (C=O) groups is 2. The Morgan fingerprint density at radius 2 is 1.68 bits per heavy atom. The molecule has 290 valence electrons. The molecular weight excluding hydrogens is 704 g/mol. The SMILES string of the molecule is CCCCC1C2(C)CC(O[C@@H]3O[C@@H](CO)[C@@H](OSOOO)[C@H](OSOOO)C3OC(=O)CC(C)C)CC(C(=O)O)C2CCC12CCC(C)[C@@H]2O. The van der Waals surface area contributed by atoms with E-state index in [1.807, 2.05) is 13.8 Å². The van der Waals surface area contributed by atoms with Gasteiger partial charge in [0.2, 0.25) is 0 Å². The summed E-state index contributed by atoms with van der Waals surface area (Å²) in [5.74, 6) is -2.31. The molecule has 1 heterocycles. The maximum atomic E-state index is 13.1. The van der Waals surface area contributed by atoms with Crippen LogP contribution < -0.4 is 0 Å². The van der Waals surface area contributed by atoms with E-state index in [0.717, 1.165) is 38.5 Å². The highest BCUT2D eigenvalue weighted by molar-refractivity contribution is 7.90. The van der Waals surface area contributed by atoms with Crippen LogP contribution in [0.1, 0.15) is 98.8 Å². The van der Waals surface area contributed by atoms with Crippen LogP contribution in [-0.2, 0) is 50.9 Å². The molecule has 5 N–H and O–H groups in total. The highest BCUT2D eigenvalue weighted by atomic mass is 32.2. The highest BCUT2D eigenvalue weighted by Crippen LogP contribution is 2.67. The van der Waals surface area contributed by atoms with Crippen LogP contribution in [0.15, 0.2) is 0 Å². The number of carboxylic acids is 1. The molecule has 0 aromatic heterocycles. The highest BCUT2D eigenvalue weighted by Gasteiger charge is 2.64. The molecule has 0 bridgehead atoms. The van der Waals surface area contributed by atoms with Gasteiger partial charge in [0.15, 0.2) is 37.0 Å². The van der Waals surface area contributed by atoms with Gasteiger partial charge in [-0.25, -0.2) is 10.5 Å². The zero-order valence-electron chi connectivity index (χ0n) is 29.2. The lowest BCUT2D eigenvalue weighted by Gasteiger charge is -2.62. The van der Waals surface area contributed by atoms with Crippen LogP contribution in [0.5, 0.6) is 0 Å². The fourth-order valence-corrected chi connectivity index (χ4v) is 10.3. The van der Waals surface area contributed by atoms with Gasteiger partial charge in [0, 0.05) is 6.42 Å². The lowest BCUT2D eigenvalue weighted by Crippen LogP contribution is -2.63. The van der Waals surface area contributed by atoms with Crippen LogP contribution in [0.3, 0.4) is 0 Å². The minimum absolute atomic E-state index is 0.0245. The minimum atomic E-state index is -1.38. The molecule has 18 heteroatoms. The van der Waals surface area contributed by atoms with Crippen LogP contribution >= 0.6 is 24.6 Å². The van der Waals surface area contributed by atoms with Crippen molar-refractivity contribution in [3.8, 4) is 0 Å². The zero-order chi connectivity index (χ0) is 36.6. The predicted molar refractivity (Wildman–Crippen MR) is 176 cm³/mol. The van der Waals surface area contributed by atoms with Gasteiger partial charge in [0.1, 0.15) is 18.3 Å². The second kappa shape index (κ2) is 19.0. The summed E-state index contributed by atoms with van der Waals surface area (Å²) in [5.41, 5.74) is -0.836. The summed E-state index contributed by atoms with van der Waals surface area (Å²) in [6.07, 6.45) is -1.05. The van der Waals surface area contributed by atoms with E-state index in [4.69, 9.17) is 33.1 Å². The topological polar surface area (TPSA) is 218 Å². The number of carbonyl (C=O) groups excluding carboxylic acids is 1. The maximum absolute atomic E-state index is 13.1. The molecule has 0 radical (unpaired) electrons. The molecule has 0 aromatic carbocycles. The molecule has 50 heavy (non-hydrogen) atoms. The van der Waals surface area contributed by atoms with Crippen LogP contribution in [0, 0.1) is 40.4 Å². The van der Waals surface area contributed by atoms with Gasteiger partial charge in [-0.15, -0.1) is 8.67 Å². The Morgan fingerprint density at radius 1 is 1.02 bits per heavy atom. The number of hydrogen-bond donors (Lipinski definition) is 5. The smallest absolute Gasteiger partial charge is 0.306 e. The van der Waals surface area contributed by atoms with Gasteiger partial charge < -0.3 is 29.5 Å². The quantitative estimate of drug-likeness (QED) is 0.0300. The van der Waals surface area contributed by atoms with E-state index >= 15 is 0 Å². The average molecular weight is 759 g/mol. The molecule has 4 aliphatic rings. The summed E-state index contributed by atoms with van der Waals surface area (Å²) in [5, 5.41) is 57.2. The Hall–Kier alpha value is -0.840. The van der Waals surface area contributed by atoms with E-state index in [9.17, 15) is 24.9 Å². The largest absolute Gasteiger partial charge is 0.481 e. The molecule has 1 spiro atoms. The number of aliphatic hydroxyl groups excluding tert-OH is 2. The van der Waals surface area contributed by atoms with Crippen molar-refractivity contribution in [1.82, 2.24) is 0 Å². The Bertz CT molecular complexity index is 1090. The number of fused-ring (bicyclic) bond motifs is 1. The Morgan fingerprint density at radius 3 is 2.24 bits per heavy atom. The maximum Gasteiger partial charge on any atom is 0.306 e. The molecule has 4 rings (SSSR count). The van der Waals surface area contributed by atoms with Gasteiger partial charge in [-0.05, 0) is 79.4 Å². The lowest BCUT2D eigenvalue weighted by molar-refractivity contribution is -0.436. The van der Waals surface area contributed by atoms with Crippen molar-refractivity contribution in [2.24, 2.45) is 40.4 Å². The number of aliphatic carboxylic acids is 1. The van der Waals surface area contributed by atoms with Gasteiger partial charge in [0.25, 0.3) is 0 Å².